The van der Waals surface area contributed by atoms with Crippen LogP contribution in [0.15, 0.2) is 64.3 Å². The Morgan fingerprint density at radius 1 is 1.18 bits per heavy atom. The molecule has 0 saturated heterocycles. The lowest BCUT2D eigenvalue weighted by molar-refractivity contribution is 0.0956. The van der Waals surface area contributed by atoms with Gasteiger partial charge in [0.1, 0.15) is 0 Å². The van der Waals surface area contributed by atoms with Crippen LogP contribution in [-0.4, -0.2) is 16.7 Å². The Hall–Kier alpha value is -2.40. The van der Waals surface area contributed by atoms with Crippen LogP contribution in [0.1, 0.15) is 15.9 Å². The van der Waals surface area contributed by atoms with Crippen LogP contribution in [0.5, 0.6) is 0 Å². The summed E-state index contributed by atoms with van der Waals surface area (Å²) >= 11 is 3.44. The lowest BCUT2D eigenvalue weighted by Crippen LogP contribution is -2.17. The summed E-state index contributed by atoms with van der Waals surface area (Å²) in [5.41, 5.74) is 5.11. The summed E-state index contributed by atoms with van der Waals surface area (Å²) in [4.78, 5) is 12.3. The molecule has 0 aliphatic rings. The lowest BCUT2D eigenvalue weighted by Gasteiger charge is -1.99. The summed E-state index contributed by atoms with van der Waals surface area (Å²) in [5, 5.41) is 4.95. The molecule has 0 fully saturated rings. The second kappa shape index (κ2) is 6.15. The van der Waals surface area contributed by atoms with Gasteiger partial charge >= 0.3 is 0 Å². The third-order valence-corrected chi connectivity index (χ3v) is 4.14. The summed E-state index contributed by atoms with van der Waals surface area (Å²) < 4.78 is 2.86. The fourth-order valence-corrected chi connectivity index (χ4v) is 2.71. The van der Waals surface area contributed by atoms with E-state index in [4.69, 9.17) is 0 Å². The zero-order valence-corrected chi connectivity index (χ0v) is 13.5. The highest BCUT2D eigenvalue weighted by molar-refractivity contribution is 9.10. The molecule has 5 heteroatoms. The molecule has 0 bridgehead atoms. The zero-order chi connectivity index (χ0) is 15.5. The Bertz CT molecular complexity index is 867. The normalized spacial score (nSPS) is 11.2. The number of aromatic nitrogens is 1. The molecule has 0 aliphatic heterocycles. The maximum atomic E-state index is 12.3. The molecule has 0 radical (unpaired) electrons. The monoisotopic (exact) mass is 355 g/mol. The number of halogens is 1. The van der Waals surface area contributed by atoms with E-state index in [1.807, 2.05) is 66.3 Å². The van der Waals surface area contributed by atoms with Gasteiger partial charge in [0.2, 0.25) is 0 Å². The highest BCUT2D eigenvalue weighted by atomic mass is 79.9. The second-order valence-electron chi connectivity index (χ2n) is 4.89. The molecule has 110 valence electrons. The quantitative estimate of drug-likeness (QED) is 0.565. The molecule has 0 unspecified atom stereocenters. The van der Waals surface area contributed by atoms with E-state index in [2.05, 4.69) is 26.5 Å². The number of benzene rings is 2. The first-order chi connectivity index (χ1) is 10.7. The summed E-state index contributed by atoms with van der Waals surface area (Å²) in [6.45, 7) is 0. The van der Waals surface area contributed by atoms with Crippen molar-refractivity contribution in [3.05, 3.63) is 70.3 Å². The molecule has 1 aromatic heterocycles. The first-order valence-electron chi connectivity index (χ1n) is 6.79. The van der Waals surface area contributed by atoms with E-state index in [1.165, 1.54) is 0 Å². The predicted octanol–water partition coefficient (Wildman–Crippen LogP) is 3.70. The van der Waals surface area contributed by atoms with Crippen molar-refractivity contribution in [3.63, 3.8) is 0 Å². The van der Waals surface area contributed by atoms with Gasteiger partial charge in [-0.3, -0.25) is 4.79 Å². The van der Waals surface area contributed by atoms with Gasteiger partial charge in [-0.05, 0) is 12.1 Å². The number of hydrogen-bond donors (Lipinski definition) is 1. The van der Waals surface area contributed by atoms with Crippen molar-refractivity contribution >= 4 is 39.0 Å². The number of aryl methyl sites for hydroxylation is 1. The standard InChI is InChI=1S/C17H14BrN3O/c1-21-11-14(13-7-3-5-9-16(13)21)17(22)20-19-10-12-6-2-4-8-15(12)18/h2-11H,1H3,(H,20,22)/b19-10+. The van der Waals surface area contributed by atoms with Crippen molar-refractivity contribution < 1.29 is 4.79 Å². The average Bonchev–Trinajstić information content (AvgIpc) is 2.87. The molecule has 1 amide bonds. The largest absolute Gasteiger partial charge is 0.350 e. The number of carbonyl (C=O) groups is 1. The molecule has 22 heavy (non-hydrogen) atoms. The maximum absolute atomic E-state index is 12.3. The van der Waals surface area contributed by atoms with Crippen molar-refractivity contribution in [2.45, 2.75) is 0 Å². The van der Waals surface area contributed by atoms with Crippen molar-refractivity contribution in [1.82, 2.24) is 9.99 Å². The molecule has 3 aromatic rings. The van der Waals surface area contributed by atoms with Gasteiger partial charge in [-0.1, -0.05) is 52.3 Å². The van der Waals surface area contributed by atoms with Crippen molar-refractivity contribution in [2.75, 3.05) is 0 Å². The van der Waals surface area contributed by atoms with Crippen LogP contribution in [0, 0.1) is 0 Å². The first kappa shape index (κ1) is 14.5. The number of hydrogen-bond acceptors (Lipinski definition) is 2. The summed E-state index contributed by atoms with van der Waals surface area (Å²) in [6, 6.07) is 15.5. The molecule has 0 aliphatic carbocycles. The van der Waals surface area contributed by atoms with E-state index in [1.54, 1.807) is 6.21 Å². The number of fused-ring (bicyclic) bond motifs is 1. The molecule has 1 heterocycles. The minimum absolute atomic E-state index is 0.222. The minimum atomic E-state index is -0.222. The topological polar surface area (TPSA) is 46.4 Å². The zero-order valence-electron chi connectivity index (χ0n) is 12.0. The van der Waals surface area contributed by atoms with E-state index in [0.717, 1.165) is 20.9 Å². The highest BCUT2D eigenvalue weighted by Gasteiger charge is 2.12. The van der Waals surface area contributed by atoms with Gasteiger partial charge in [0.05, 0.1) is 11.8 Å². The number of nitrogens with one attached hydrogen (secondary N) is 1. The van der Waals surface area contributed by atoms with Crippen molar-refractivity contribution in [1.29, 1.82) is 0 Å². The number of hydrazone groups is 1. The molecular formula is C17H14BrN3O. The number of carbonyl (C=O) groups excluding carboxylic acids is 1. The Kier molecular flexibility index (Phi) is 4.06. The van der Waals surface area contributed by atoms with Gasteiger partial charge < -0.3 is 4.57 Å². The molecule has 1 N–H and O–H groups in total. The van der Waals surface area contributed by atoms with Gasteiger partial charge in [0.25, 0.3) is 5.91 Å². The molecule has 0 spiro atoms. The van der Waals surface area contributed by atoms with Gasteiger partial charge in [0, 0.05) is 34.2 Å². The molecule has 3 rings (SSSR count). The SMILES string of the molecule is Cn1cc(C(=O)N/N=C/c2ccccc2Br)c2ccccc21. The average molecular weight is 356 g/mol. The van der Waals surface area contributed by atoms with E-state index >= 15 is 0 Å². The number of para-hydroxylation sites is 1. The summed E-state index contributed by atoms with van der Waals surface area (Å²) in [5.74, 6) is -0.222. The van der Waals surface area contributed by atoms with Crippen LogP contribution in [0.3, 0.4) is 0 Å². The van der Waals surface area contributed by atoms with Gasteiger partial charge in [-0.25, -0.2) is 5.43 Å². The Morgan fingerprint density at radius 3 is 2.73 bits per heavy atom. The van der Waals surface area contributed by atoms with Gasteiger partial charge in [-0.15, -0.1) is 0 Å². The Balaban J connectivity index is 1.81. The molecule has 0 saturated carbocycles. The van der Waals surface area contributed by atoms with Crippen LogP contribution in [0.25, 0.3) is 10.9 Å². The summed E-state index contributed by atoms with van der Waals surface area (Å²) in [7, 11) is 1.92. The van der Waals surface area contributed by atoms with E-state index < -0.39 is 0 Å². The van der Waals surface area contributed by atoms with Crippen molar-refractivity contribution in [3.8, 4) is 0 Å². The smallest absolute Gasteiger partial charge is 0.273 e. The highest BCUT2D eigenvalue weighted by Crippen LogP contribution is 2.20. The number of amides is 1. The predicted molar refractivity (Wildman–Crippen MR) is 92.1 cm³/mol. The van der Waals surface area contributed by atoms with Gasteiger partial charge in [0.15, 0.2) is 0 Å². The van der Waals surface area contributed by atoms with E-state index in [-0.39, 0.29) is 5.91 Å². The van der Waals surface area contributed by atoms with E-state index in [0.29, 0.717) is 5.56 Å². The van der Waals surface area contributed by atoms with Crippen LogP contribution in [0.4, 0.5) is 0 Å². The number of nitrogens with zero attached hydrogens (tertiary/aromatic N) is 2. The fourth-order valence-electron chi connectivity index (χ4n) is 2.32. The third kappa shape index (κ3) is 2.80. The molecular weight excluding hydrogens is 342 g/mol. The number of rotatable bonds is 3. The van der Waals surface area contributed by atoms with Crippen LogP contribution >= 0.6 is 15.9 Å². The maximum Gasteiger partial charge on any atom is 0.273 e. The van der Waals surface area contributed by atoms with Crippen LogP contribution in [0.2, 0.25) is 0 Å². The summed E-state index contributed by atoms with van der Waals surface area (Å²) in [6.07, 6.45) is 3.43. The van der Waals surface area contributed by atoms with Crippen LogP contribution < -0.4 is 5.43 Å². The van der Waals surface area contributed by atoms with Crippen LogP contribution in [-0.2, 0) is 7.05 Å². The van der Waals surface area contributed by atoms with E-state index in [9.17, 15) is 4.79 Å². The molecule has 4 nitrogen and oxygen atoms in total. The lowest BCUT2D eigenvalue weighted by atomic mass is 10.2. The third-order valence-electron chi connectivity index (χ3n) is 3.42. The Morgan fingerprint density at radius 2 is 1.91 bits per heavy atom. The minimum Gasteiger partial charge on any atom is -0.350 e. The molecule has 2 aromatic carbocycles. The first-order valence-corrected chi connectivity index (χ1v) is 7.58. The van der Waals surface area contributed by atoms with Gasteiger partial charge in [-0.2, -0.15) is 5.10 Å². The fraction of sp³-hybridized carbons (Fsp3) is 0.0588. The second-order valence-corrected chi connectivity index (χ2v) is 5.75. The molecule has 0 atom stereocenters. The Labute approximate surface area is 136 Å². The van der Waals surface area contributed by atoms with Crippen molar-refractivity contribution in [2.24, 2.45) is 12.1 Å².